The van der Waals surface area contributed by atoms with Crippen molar-refractivity contribution in [2.24, 2.45) is 5.92 Å². The number of hydrogen-bond donors (Lipinski definition) is 0. The van der Waals surface area contributed by atoms with Gasteiger partial charge in [-0.3, -0.25) is 4.79 Å². The zero-order chi connectivity index (χ0) is 22.7. The number of rotatable bonds is 6. The van der Waals surface area contributed by atoms with Gasteiger partial charge < -0.3 is 18.7 Å². The summed E-state index contributed by atoms with van der Waals surface area (Å²) in [6.45, 7) is 8.65. The predicted octanol–water partition coefficient (Wildman–Crippen LogP) is 2.31. The molecule has 1 amide bonds. The molecule has 0 aromatic carbocycles. The van der Waals surface area contributed by atoms with Crippen molar-refractivity contribution < 1.29 is 22.2 Å². The van der Waals surface area contributed by atoms with Gasteiger partial charge in [0.15, 0.2) is 10.7 Å². The lowest BCUT2D eigenvalue weighted by Crippen LogP contribution is -2.51. The average molecular weight is 463 g/mol. The molecule has 10 heteroatoms. The molecular formula is C22H30N4O5S. The van der Waals surface area contributed by atoms with Gasteiger partial charge in [0, 0.05) is 45.2 Å². The quantitative estimate of drug-likeness (QED) is 0.649. The molecule has 0 unspecified atom stereocenters. The van der Waals surface area contributed by atoms with Crippen LogP contribution in [0.4, 0.5) is 0 Å². The van der Waals surface area contributed by atoms with Gasteiger partial charge in [0.2, 0.25) is 15.9 Å². The maximum absolute atomic E-state index is 13.4. The first-order valence-corrected chi connectivity index (χ1v) is 12.5. The van der Waals surface area contributed by atoms with Gasteiger partial charge in [0.05, 0.1) is 6.26 Å². The Kier molecular flexibility index (Phi) is 6.82. The van der Waals surface area contributed by atoms with Crippen LogP contribution in [-0.4, -0.2) is 79.4 Å². The molecule has 0 saturated carbocycles. The standard InChI is InChI=1S/C22H30N4O5S/c1-3-24-12-14-25(15-13-24)22(27)18-8-10-26(11-9-18)32(28,29)21-17(2)23-31-20(21)7-6-19-5-4-16-30-19/h4-7,16,18H,3,8-15H2,1-2H3/b7-6+. The number of sulfonamides is 1. The van der Waals surface area contributed by atoms with Crippen LogP contribution in [-0.2, 0) is 14.8 Å². The highest BCUT2D eigenvalue weighted by Gasteiger charge is 2.37. The summed E-state index contributed by atoms with van der Waals surface area (Å²) in [5.74, 6) is 0.782. The van der Waals surface area contributed by atoms with Crippen LogP contribution in [0.5, 0.6) is 0 Å². The molecule has 4 rings (SSSR count). The third-order valence-electron chi connectivity index (χ3n) is 6.31. The Labute approximate surface area is 188 Å². The number of aromatic nitrogens is 1. The first-order chi connectivity index (χ1) is 15.4. The van der Waals surface area contributed by atoms with Gasteiger partial charge in [0.1, 0.15) is 11.5 Å². The van der Waals surface area contributed by atoms with E-state index < -0.39 is 10.0 Å². The molecule has 2 saturated heterocycles. The molecular weight excluding hydrogens is 432 g/mol. The molecule has 0 bridgehead atoms. The number of carbonyl (C=O) groups excluding carboxylic acids is 1. The highest BCUT2D eigenvalue weighted by atomic mass is 32.2. The Morgan fingerprint density at radius 3 is 2.50 bits per heavy atom. The Hall–Kier alpha value is -2.43. The molecule has 2 fully saturated rings. The van der Waals surface area contributed by atoms with E-state index in [-0.39, 0.29) is 22.5 Å². The average Bonchev–Trinajstić information content (AvgIpc) is 3.47. The van der Waals surface area contributed by atoms with Gasteiger partial charge in [0.25, 0.3) is 0 Å². The topological polar surface area (TPSA) is 100 Å². The number of aryl methyl sites for hydroxylation is 1. The van der Waals surface area contributed by atoms with E-state index in [1.165, 1.54) is 10.6 Å². The van der Waals surface area contributed by atoms with Crippen molar-refractivity contribution in [1.82, 2.24) is 19.3 Å². The van der Waals surface area contributed by atoms with Gasteiger partial charge in [-0.05, 0) is 50.6 Å². The molecule has 2 aliphatic heterocycles. The summed E-state index contributed by atoms with van der Waals surface area (Å²) >= 11 is 0. The maximum Gasteiger partial charge on any atom is 0.248 e. The summed E-state index contributed by atoms with van der Waals surface area (Å²) < 4.78 is 38.7. The second-order valence-corrected chi connectivity index (χ2v) is 10.1. The molecule has 2 aromatic rings. The molecule has 4 heterocycles. The number of piperidine rings is 1. The Bertz CT molecular complexity index is 1040. The lowest BCUT2D eigenvalue weighted by Gasteiger charge is -2.38. The molecule has 0 radical (unpaired) electrons. The van der Waals surface area contributed by atoms with E-state index in [2.05, 4.69) is 17.0 Å². The van der Waals surface area contributed by atoms with Crippen LogP contribution < -0.4 is 0 Å². The summed E-state index contributed by atoms with van der Waals surface area (Å²) in [4.78, 5) is 17.3. The van der Waals surface area contributed by atoms with Crippen molar-refractivity contribution in [1.29, 1.82) is 0 Å². The van der Waals surface area contributed by atoms with Crippen molar-refractivity contribution in [2.75, 3.05) is 45.8 Å². The van der Waals surface area contributed by atoms with Crippen LogP contribution in [0.25, 0.3) is 12.2 Å². The highest BCUT2D eigenvalue weighted by molar-refractivity contribution is 7.89. The number of amides is 1. The summed E-state index contributed by atoms with van der Waals surface area (Å²) in [7, 11) is -3.79. The van der Waals surface area contributed by atoms with Crippen molar-refractivity contribution in [3.63, 3.8) is 0 Å². The number of piperazine rings is 1. The molecule has 32 heavy (non-hydrogen) atoms. The second kappa shape index (κ2) is 9.60. The number of furan rings is 1. The summed E-state index contributed by atoms with van der Waals surface area (Å²) in [6.07, 6.45) is 5.78. The van der Waals surface area contributed by atoms with E-state index in [1.54, 1.807) is 31.2 Å². The molecule has 2 aromatic heterocycles. The first-order valence-electron chi connectivity index (χ1n) is 11.1. The largest absolute Gasteiger partial charge is 0.465 e. The van der Waals surface area contributed by atoms with Gasteiger partial charge in [-0.25, -0.2) is 8.42 Å². The number of carbonyl (C=O) groups is 1. The third-order valence-corrected chi connectivity index (χ3v) is 8.37. The van der Waals surface area contributed by atoms with E-state index in [0.29, 0.717) is 37.4 Å². The lowest BCUT2D eigenvalue weighted by atomic mass is 9.96. The van der Waals surface area contributed by atoms with Gasteiger partial charge in [-0.1, -0.05) is 12.1 Å². The summed E-state index contributed by atoms with van der Waals surface area (Å²) in [6, 6.07) is 3.51. The monoisotopic (exact) mass is 462 g/mol. The minimum Gasteiger partial charge on any atom is -0.465 e. The van der Waals surface area contributed by atoms with Crippen LogP contribution in [0.15, 0.2) is 32.2 Å². The predicted molar refractivity (Wildman–Crippen MR) is 119 cm³/mol. The van der Waals surface area contributed by atoms with Crippen LogP contribution in [0.3, 0.4) is 0 Å². The van der Waals surface area contributed by atoms with Crippen LogP contribution in [0.2, 0.25) is 0 Å². The fraction of sp³-hybridized carbons (Fsp3) is 0.545. The van der Waals surface area contributed by atoms with Crippen molar-refractivity contribution in [3.05, 3.63) is 35.6 Å². The molecule has 0 aliphatic carbocycles. The molecule has 174 valence electrons. The van der Waals surface area contributed by atoms with Crippen LogP contribution in [0.1, 0.15) is 37.0 Å². The van der Waals surface area contributed by atoms with E-state index in [4.69, 9.17) is 8.94 Å². The van der Waals surface area contributed by atoms with Gasteiger partial charge in [-0.2, -0.15) is 4.31 Å². The van der Waals surface area contributed by atoms with Crippen molar-refractivity contribution in [3.8, 4) is 0 Å². The van der Waals surface area contributed by atoms with Crippen molar-refractivity contribution in [2.45, 2.75) is 31.6 Å². The Morgan fingerprint density at radius 2 is 1.88 bits per heavy atom. The molecule has 0 spiro atoms. The summed E-state index contributed by atoms with van der Waals surface area (Å²) in [5.41, 5.74) is 0.316. The second-order valence-electron chi connectivity index (χ2n) is 8.25. The van der Waals surface area contributed by atoms with E-state index in [0.717, 1.165) is 32.7 Å². The van der Waals surface area contributed by atoms with Crippen LogP contribution >= 0.6 is 0 Å². The van der Waals surface area contributed by atoms with Crippen LogP contribution in [0, 0.1) is 12.8 Å². The highest BCUT2D eigenvalue weighted by Crippen LogP contribution is 2.30. The number of nitrogens with zero attached hydrogens (tertiary/aromatic N) is 4. The number of likely N-dealkylation sites (N-methyl/N-ethyl adjacent to an activating group) is 1. The van der Waals surface area contributed by atoms with E-state index in [1.807, 2.05) is 4.90 Å². The number of hydrogen-bond acceptors (Lipinski definition) is 7. The van der Waals surface area contributed by atoms with Crippen molar-refractivity contribution >= 4 is 28.1 Å². The normalized spacial score (nSPS) is 19.8. The SMILES string of the molecule is CCN1CCN(C(=O)C2CCN(S(=O)(=O)c3c(C)noc3/C=C/c3ccco3)CC2)CC1. The van der Waals surface area contributed by atoms with E-state index >= 15 is 0 Å². The van der Waals surface area contributed by atoms with E-state index in [9.17, 15) is 13.2 Å². The minimum atomic E-state index is -3.79. The summed E-state index contributed by atoms with van der Waals surface area (Å²) in [5, 5.41) is 3.87. The maximum atomic E-state index is 13.4. The Balaban J connectivity index is 1.41. The third kappa shape index (κ3) is 4.67. The molecule has 0 N–H and O–H groups in total. The molecule has 9 nitrogen and oxygen atoms in total. The minimum absolute atomic E-state index is 0.0702. The fourth-order valence-electron chi connectivity index (χ4n) is 4.36. The van der Waals surface area contributed by atoms with Gasteiger partial charge >= 0.3 is 0 Å². The fourth-order valence-corrected chi connectivity index (χ4v) is 6.08. The zero-order valence-corrected chi connectivity index (χ0v) is 19.4. The van der Waals surface area contributed by atoms with Gasteiger partial charge in [-0.15, -0.1) is 0 Å². The zero-order valence-electron chi connectivity index (χ0n) is 18.6. The smallest absolute Gasteiger partial charge is 0.248 e. The Morgan fingerprint density at radius 1 is 1.16 bits per heavy atom. The molecule has 2 aliphatic rings. The molecule has 0 atom stereocenters. The first kappa shape index (κ1) is 22.8. The lowest BCUT2D eigenvalue weighted by molar-refractivity contribution is -0.138.